The lowest BCUT2D eigenvalue weighted by atomic mass is 10.1. The molecule has 2 rings (SSSR count). The van der Waals surface area contributed by atoms with E-state index in [1.165, 1.54) is 0 Å². The van der Waals surface area contributed by atoms with Gasteiger partial charge in [0, 0.05) is 46.4 Å². The lowest BCUT2D eigenvalue weighted by molar-refractivity contribution is 0.155. The third-order valence-corrected chi connectivity index (χ3v) is 4.97. The highest BCUT2D eigenvalue weighted by Gasteiger charge is 2.20. The number of ether oxygens (including phenoxy) is 2. The van der Waals surface area contributed by atoms with Crippen LogP contribution in [0.4, 0.5) is 0 Å². The Balaban J connectivity index is 1.69. The van der Waals surface area contributed by atoms with E-state index in [1.54, 1.807) is 7.11 Å². The molecule has 0 bridgehead atoms. The Morgan fingerprint density at radius 1 is 1.26 bits per heavy atom. The normalized spacial score (nSPS) is 17.5. The quantitative estimate of drug-likeness (QED) is 0.373. The molecule has 1 aromatic carbocycles. The van der Waals surface area contributed by atoms with Crippen LogP contribution in [0.3, 0.4) is 0 Å². The van der Waals surface area contributed by atoms with E-state index in [0.717, 1.165) is 70.2 Å². The maximum absolute atomic E-state index is 6.05. The van der Waals surface area contributed by atoms with Crippen LogP contribution in [-0.4, -0.2) is 69.9 Å². The molecule has 6 nitrogen and oxygen atoms in total. The van der Waals surface area contributed by atoms with E-state index in [2.05, 4.69) is 27.4 Å². The fraction of sp³-hybridized carbons (Fsp3) is 0.667. The summed E-state index contributed by atoms with van der Waals surface area (Å²) in [7, 11) is 3.59. The van der Waals surface area contributed by atoms with Crippen molar-refractivity contribution in [3.05, 3.63) is 30.3 Å². The van der Waals surface area contributed by atoms with Crippen LogP contribution in [0, 0.1) is 0 Å². The molecule has 1 aliphatic heterocycles. The minimum Gasteiger partial charge on any atom is -0.489 e. The van der Waals surface area contributed by atoms with Crippen LogP contribution in [0.15, 0.2) is 35.3 Å². The minimum atomic E-state index is 0.119. The Labute approximate surface area is 164 Å². The van der Waals surface area contributed by atoms with E-state index in [9.17, 15) is 0 Å². The third-order valence-electron chi connectivity index (χ3n) is 4.97. The molecule has 1 saturated heterocycles. The summed E-state index contributed by atoms with van der Waals surface area (Å²) in [6, 6.07) is 10.5. The van der Waals surface area contributed by atoms with Gasteiger partial charge in [-0.25, -0.2) is 0 Å². The van der Waals surface area contributed by atoms with Crippen LogP contribution in [0.2, 0.25) is 0 Å². The van der Waals surface area contributed by atoms with Crippen molar-refractivity contribution in [2.24, 2.45) is 4.99 Å². The van der Waals surface area contributed by atoms with Gasteiger partial charge < -0.3 is 25.0 Å². The van der Waals surface area contributed by atoms with E-state index < -0.39 is 0 Å². The number of aliphatic imine (C=N–C) groups is 1. The molecule has 0 spiro atoms. The fourth-order valence-electron chi connectivity index (χ4n) is 3.29. The average Bonchev–Trinajstić information content (AvgIpc) is 2.72. The Kier molecular flexibility index (Phi) is 10.0. The maximum atomic E-state index is 6.05. The van der Waals surface area contributed by atoms with E-state index in [1.807, 2.05) is 37.4 Å². The van der Waals surface area contributed by atoms with Gasteiger partial charge in [-0.05, 0) is 37.8 Å². The Morgan fingerprint density at radius 3 is 2.63 bits per heavy atom. The SMILES string of the molecule is CCC(CNC(=NC)NC1CCN(CCCOC)CC1)Oc1ccccc1. The molecule has 6 heteroatoms. The van der Waals surface area contributed by atoms with Gasteiger partial charge in [0.05, 0.1) is 6.54 Å². The average molecular weight is 377 g/mol. The lowest BCUT2D eigenvalue weighted by Crippen LogP contribution is -2.50. The topological polar surface area (TPSA) is 58.1 Å². The number of methoxy groups -OCH3 is 1. The fourth-order valence-corrected chi connectivity index (χ4v) is 3.29. The number of para-hydroxylation sites is 1. The van der Waals surface area contributed by atoms with Crippen molar-refractivity contribution in [3.63, 3.8) is 0 Å². The summed E-state index contributed by atoms with van der Waals surface area (Å²) < 4.78 is 11.2. The Morgan fingerprint density at radius 2 is 2.00 bits per heavy atom. The second kappa shape index (κ2) is 12.6. The second-order valence-corrected chi connectivity index (χ2v) is 7.02. The van der Waals surface area contributed by atoms with Crippen LogP contribution < -0.4 is 15.4 Å². The molecule has 1 heterocycles. The van der Waals surface area contributed by atoms with Gasteiger partial charge in [-0.3, -0.25) is 4.99 Å². The summed E-state index contributed by atoms with van der Waals surface area (Å²) >= 11 is 0. The highest BCUT2D eigenvalue weighted by molar-refractivity contribution is 5.80. The van der Waals surface area contributed by atoms with Gasteiger partial charge in [-0.15, -0.1) is 0 Å². The molecule has 1 aromatic rings. The van der Waals surface area contributed by atoms with Gasteiger partial charge >= 0.3 is 0 Å². The van der Waals surface area contributed by atoms with Crippen molar-refractivity contribution in [2.75, 3.05) is 46.9 Å². The summed E-state index contributed by atoms with van der Waals surface area (Å²) in [5, 5.41) is 6.99. The Bertz CT molecular complexity index is 530. The van der Waals surface area contributed by atoms with Crippen molar-refractivity contribution in [3.8, 4) is 5.75 Å². The van der Waals surface area contributed by atoms with Gasteiger partial charge in [0.25, 0.3) is 0 Å². The van der Waals surface area contributed by atoms with Crippen molar-refractivity contribution in [1.29, 1.82) is 0 Å². The number of nitrogens with one attached hydrogen (secondary N) is 2. The highest BCUT2D eigenvalue weighted by atomic mass is 16.5. The molecule has 0 amide bonds. The first kappa shape index (κ1) is 21.5. The molecule has 27 heavy (non-hydrogen) atoms. The number of guanidine groups is 1. The van der Waals surface area contributed by atoms with Crippen LogP contribution in [-0.2, 0) is 4.74 Å². The molecule has 152 valence electrons. The summed E-state index contributed by atoms with van der Waals surface area (Å²) in [5.41, 5.74) is 0. The molecule has 0 aliphatic carbocycles. The zero-order valence-corrected chi connectivity index (χ0v) is 17.1. The number of hydrogen-bond donors (Lipinski definition) is 2. The smallest absolute Gasteiger partial charge is 0.191 e. The molecular formula is C21H36N4O2. The van der Waals surface area contributed by atoms with Crippen molar-refractivity contribution in [2.45, 2.75) is 44.8 Å². The number of hydrogen-bond acceptors (Lipinski definition) is 4. The molecule has 1 unspecified atom stereocenters. The number of likely N-dealkylation sites (tertiary alicyclic amines) is 1. The first-order chi connectivity index (χ1) is 13.2. The summed E-state index contributed by atoms with van der Waals surface area (Å²) in [4.78, 5) is 6.91. The summed E-state index contributed by atoms with van der Waals surface area (Å²) in [6.45, 7) is 7.12. The number of rotatable bonds is 10. The number of benzene rings is 1. The van der Waals surface area contributed by atoms with Gasteiger partial charge in [0.2, 0.25) is 0 Å². The summed E-state index contributed by atoms with van der Waals surface area (Å²) in [5.74, 6) is 1.78. The molecule has 2 N–H and O–H groups in total. The number of piperidine rings is 1. The largest absolute Gasteiger partial charge is 0.489 e. The molecular weight excluding hydrogens is 340 g/mol. The van der Waals surface area contributed by atoms with Gasteiger partial charge in [-0.2, -0.15) is 0 Å². The van der Waals surface area contributed by atoms with E-state index in [-0.39, 0.29) is 6.10 Å². The standard InChI is InChI=1S/C21H36N4O2/c1-4-19(27-20-9-6-5-7-10-20)17-23-21(22-2)24-18-11-14-25(15-12-18)13-8-16-26-3/h5-7,9-10,18-19H,4,8,11-17H2,1-3H3,(H2,22,23,24). The maximum Gasteiger partial charge on any atom is 0.191 e. The van der Waals surface area contributed by atoms with Crippen molar-refractivity contribution < 1.29 is 9.47 Å². The highest BCUT2D eigenvalue weighted by Crippen LogP contribution is 2.13. The molecule has 1 atom stereocenters. The van der Waals surface area contributed by atoms with Gasteiger partial charge in [0.15, 0.2) is 5.96 Å². The predicted octanol–water partition coefficient (Wildman–Crippen LogP) is 2.51. The van der Waals surface area contributed by atoms with Gasteiger partial charge in [-0.1, -0.05) is 25.1 Å². The van der Waals surface area contributed by atoms with Crippen LogP contribution in [0.5, 0.6) is 5.75 Å². The number of nitrogens with zero attached hydrogens (tertiary/aromatic N) is 2. The molecule has 1 aliphatic rings. The van der Waals surface area contributed by atoms with Crippen molar-refractivity contribution >= 4 is 5.96 Å². The van der Waals surface area contributed by atoms with E-state index in [4.69, 9.17) is 9.47 Å². The zero-order chi connectivity index (χ0) is 19.3. The second-order valence-electron chi connectivity index (χ2n) is 7.02. The first-order valence-electron chi connectivity index (χ1n) is 10.1. The first-order valence-corrected chi connectivity index (χ1v) is 10.1. The van der Waals surface area contributed by atoms with Crippen LogP contribution in [0.25, 0.3) is 0 Å². The summed E-state index contributed by atoms with van der Waals surface area (Å²) in [6.07, 6.45) is 4.46. The van der Waals surface area contributed by atoms with Crippen LogP contribution >= 0.6 is 0 Å². The Hall–Kier alpha value is -1.79. The monoisotopic (exact) mass is 376 g/mol. The minimum absolute atomic E-state index is 0.119. The lowest BCUT2D eigenvalue weighted by Gasteiger charge is -2.33. The third kappa shape index (κ3) is 8.18. The van der Waals surface area contributed by atoms with Crippen LogP contribution in [0.1, 0.15) is 32.6 Å². The molecule has 0 saturated carbocycles. The molecule has 0 aromatic heterocycles. The zero-order valence-electron chi connectivity index (χ0n) is 17.1. The molecule has 0 radical (unpaired) electrons. The molecule has 1 fully saturated rings. The van der Waals surface area contributed by atoms with Crippen molar-refractivity contribution in [1.82, 2.24) is 15.5 Å². The van der Waals surface area contributed by atoms with Gasteiger partial charge in [0.1, 0.15) is 11.9 Å². The van der Waals surface area contributed by atoms with E-state index >= 15 is 0 Å². The van der Waals surface area contributed by atoms with E-state index in [0.29, 0.717) is 6.04 Å². The predicted molar refractivity (Wildman–Crippen MR) is 112 cm³/mol.